The molecular formula is C19H17ClN4O2. The van der Waals surface area contributed by atoms with Crippen molar-refractivity contribution < 1.29 is 9.59 Å². The second-order valence-electron chi connectivity index (χ2n) is 7.31. The average Bonchev–Trinajstić information content (AvgIpc) is 3.00. The lowest BCUT2D eigenvalue weighted by atomic mass is 9.76. The van der Waals surface area contributed by atoms with Crippen LogP contribution in [0.25, 0.3) is 5.65 Å². The largest absolute Gasteiger partial charge is 0.322 e. The predicted octanol–water partition coefficient (Wildman–Crippen LogP) is 3.79. The van der Waals surface area contributed by atoms with Gasteiger partial charge >= 0.3 is 0 Å². The zero-order valence-electron chi connectivity index (χ0n) is 14.4. The van der Waals surface area contributed by atoms with E-state index in [1.165, 1.54) is 6.20 Å². The summed E-state index contributed by atoms with van der Waals surface area (Å²) in [7, 11) is 0. The van der Waals surface area contributed by atoms with Gasteiger partial charge in [0, 0.05) is 23.3 Å². The van der Waals surface area contributed by atoms with Crippen molar-refractivity contribution in [3.63, 3.8) is 0 Å². The summed E-state index contributed by atoms with van der Waals surface area (Å²) >= 11 is 5.86. The summed E-state index contributed by atoms with van der Waals surface area (Å²) in [6.07, 6.45) is 4.23. The minimum absolute atomic E-state index is 0.0633. The zero-order chi connectivity index (χ0) is 18.5. The molecule has 0 spiro atoms. The van der Waals surface area contributed by atoms with E-state index in [1.807, 2.05) is 0 Å². The first-order valence-electron chi connectivity index (χ1n) is 8.30. The smallest absolute Gasteiger partial charge is 0.261 e. The van der Waals surface area contributed by atoms with Crippen LogP contribution in [0.5, 0.6) is 0 Å². The third-order valence-electron chi connectivity index (χ3n) is 4.56. The highest BCUT2D eigenvalue weighted by Crippen LogP contribution is 2.34. The molecule has 2 aromatic heterocycles. The van der Waals surface area contributed by atoms with E-state index in [-0.39, 0.29) is 17.1 Å². The van der Waals surface area contributed by atoms with Crippen LogP contribution in [0.2, 0.25) is 5.02 Å². The van der Waals surface area contributed by atoms with E-state index in [1.54, 1.807) is 35.0 Å². The van der Waals surface area contributed by atoms with Crippen LogP contribution in [-0.4, -0.2) is 26.3 Å². The van der Waals surface area contributed by atoms with Crippen molar-refractivity contribution in [2.45, 2.75) is 26.7 Å². The molecule has 1 aliphatic carbocycles. The number of Topliss-reactive ketones (excluding diaryl/α,β-unsaturated/α-hetero) is 1. The van der Waals surface area contributed by atoms with E-state index in [9.17, 15) is 9.59 Å². The van der Waals surface area contributed by atoms with Gasteiger partial charge in [0.05, 0.1) is 17.5 Å². The molecule has 1 aliphatic rings. The number of ketones is 1. The average molecular weight is 369 g/mol. The number of halogens is 1. The molecule has 1 aromatic carbocycles. The van der Waals surface area contributed by atoms with E-state index in [0.29, 0.717) is 40.3 Å². The van der Waals surface area contributed by atoms with Gasteiger partial charge in [-0.3, -0.25) is 9.59 Å². The van der Waals surface area contributed by atoms with Crippen LogP contribution < -0.4 is 5.32 Å². The monoisotopic (exact) mass is 368 g/mol. The summed E-state index contributed by atoms with van der Waals surface area (Å²) in [5, 5.41) is 7.74. The maximum absolute atomic E-state index is 12.6. The van der Waals surface area contributed by atoms with Gasteiger partial charge in [-0.15, -0.1) is 0 Å². The van der Waals surface area contributed by atoms with Crippen molar-refractivity contribution in [2.24, 2.45) is 5.41 Å². The van der Waals surface area contributed by atoms with E-state index in [2.05, 4.69) is 29.2 Å². The second kappa shape index (κ2) is 5.92. The Labute approximate surface area is 155 Å². The Morgan fingerprint density at radius 3 is 2.65 bits per heavy atom. The summed E-state index contributed by atoms with van der Waals surface area (Å²) < 4.78 is 1.62. The number of fused-ring (bicyclic) bond motifs is 3. The summed E-state index contributed by atoms with van der Waals surface area (Å²) in [6, 6.07) is 6.86. The van der Waals surface area contributed by atoms with Gasteiger partial charge in [-0.1, -0.05) is 25.4 Å². The number of amides is 1. The van der Waals surface area contributed by atoms with Gasteiger partial charge in [0.25, 0.3) is 5.91 Å². The van der Waals surface area contributed by atoms with Crippen molar-refractivity contribution in [3.8, 4) is 0 Å². The first kappa shape index (κ1) is 16.7. The number of nitrogens with one attached hydrogen (secondary N) is 1. The Kier molecular flexibility index (Phi) is 3.80. The lowest BCUT2D eigenvalue weighted by Crippen LogP contribution is -2.29. The topological polar surface area (TPSA) is 76.4 Å². The molecule has 0 unspecified atom stereocenters. The number of benzene rings is 1. The maximum atomic E-state index is 12.6. The number of carbonyl (C=O) groups excluding carboxylic acids is 2. The normalized spacial score (nSPS) is 15.7. The van der Waals surface area contributed by atoms with Crippen LogP contribution in [0.15, 0.2) is 36.7 Å². The molecule has 1 N–H and O–H groups in total. The van der Waals surface area contributed by atoms with Gasteiger partial charge in [-0.25, -0.2) is 9.50 Å². The van der Waals surface area contributed by atoms with E-state index in [0.717, 1.165) is 5.69 Å². The molecule has 0 atom stereocenters. The van der Waals surface area contributed by atoms with Crippen LogP contribution in [0, 0.1) is 5.41 Å². The quantitative estimate of drug-likeness (QED) is 0.746. The molecule has 132 valence electrons. The highest BCUT2D eigenvalue weighted by Gasteiger charge is 2.33. The molecule has 2 heterocycles. The van der Waals surface area contributed by atoms with Gasteiger partial charge in [-0.05, 0) is 36.1 Å². The number of anilines is 1. The minimum atomic E-state index is -0.309. The van der Waals surface area contributed by atoms with Crippen LogP contribution >= 0.6 is 11.6 Å². The zero-order valence-corrected chi connectivity index (χ0v) is 15.2. The van der Waals surface area contributed by atoms with Crippen molar-refractivity contribution in [3.05, 3.63) is 58.5 Å². The van der Waals surface area contributed by atoms with Crippen LogP contribution in [-0.2, 0) is 6.42 Å². The van der Waals surface area contributed by atoms with Crippen molar-refractivity contribution in [1.82, 2.24) is 14.6 Å². The molecular weight excluding hydrogens is 352 g/mol. The minimum Gasteiger partial charge on any atom is -0.322 e. The third-order valence-corrected chi connectivity index (χ3v) is 4.81. The Morgan fingerprint density at radius 2 is 1.92 bits per heavy atom. The molecule has 0 saturated heterocycles. The molecule has 0 radical (unpaired) electrons. The Morgan fingerprint density at radius 1 is 1.19 bits per heavy atom. The fraction of sp³-hybridized carbons (Fsp3) is 0.263. The van der Waals surface area contributed by atoms with Crippen molar-refractivity contribution in [2.75, 3.05) is 5.32 Å². The highest BCUT2D eigenvalue weighted by molar-refractivity contribution is 6.30. The lowest BCUT2D eigenvalue weighted by Gasteiger charge is -2.29. The molecule has 0 fully saturated rings. The molecule has 1 amide bonds. The van der Waals surface area contributed by atoms with Gasteiger partial charge < -0.3 is 5.32 Å². The first-order valence-corrected chi connectivity index (χ1v) is 8.68. The number of aromatic nitrogens is 3. The number of rotatable bonds is 2. The molecule has 6 nitrogen and oxygen atoms in total. The van der Waals surface area contributed by atoms with E-state index < -0.39 is 0 Å². The first-order chi connectivity index (χ1) is 12.3. The van der Waals surface area contributed by atoms with Crippen molar-refractivity contribution in [1.29, 1.82) is 0 Å². The SMILES string of the molecule is CC1(C)CC(=O)c2cnc3c(C(=O)Nc4ccc(Cl)cc4)cnn3c2C1. The van der Waals surface area contributed by atoms with Crippen molar-refractivity contribution >= 4 is 34.6 Å². The van der Waals surface area contributed by atoms with Crippen LogP contribution in [0.4, 0.5) is 5.69 Å². The second-order valence-corrected chi connectivity index (χ2v) is 7.75. The van der Waals surface area contributed by atoms with E-state index >= 15 is 0 Å². The third kappa shape index (κ3) is 2.86. The molecule has 7 heteroatoms. The molecule has 0 saturated carbocycles. The van der Waals surface area contributed by atoms with Gasteiger partial charge in [0.15, 0.2) is 11.4 Å². The van der Waals surface area contributed by atoms with Gasteiger partial charge in [0.2, 0.25) is 0 Å². The van der Waals surface area contributed by atoms with Crippen LogP contribution in [0.3, 0.4) is 0 Å². The maximum Gasteiger partial charge on any atom is 0.261 e. The fourth-order valence-electron chi connectivity index (χ4n) is 3.32. The van der Waals surface area contributed by atoms with Crippen LogP contribution in [0.1, 0.15) is 46.7 Å². The predicted molar refractivity (Wildman–Crippen MR) is 98.8 cm³/mol. The number of nitrogens with zero attached hydrogens (tertiary/aromatic N) is 3. The number of carbonyl (C=O) groups is 2. The summed E-state index contributed by atoms with van der Waals surface area (Å²) in [6.45, 7) is 4.11. The fourth-order valence-corrected chi connectivity index (χ4v) is 3.44. The lowest BCUT2D eigenvalue weighted by molar-refractivity contribution is 0.0908. The van der Waals surface area contributed by atoms with E-state index in [4.69, 9.17) is 11.6 Å². The molecule has 4 rings (SSSR count). The summed E-state index contributed by atoms with van der Waals surface area (Å²) in [4.78, 5) is 29.3. The number of hydrogen-bond acceptors (Lipinski definition) is 4. The molecule has 26 heavy (non-hydrogen) atoms. The summed E-state index contributed by atoms with van der Waals surface area (Å²) in [5.41, 5.74) is 2.69. The molecule has 0 bridgehead atoms. The Bertz CT molecular complexity index is 1040. The standard InChI is InChI=1S/C19H17ClN4O2/c1-19(2)7-15-13(16(25)8-19)9-21-17-14(10-22-24(15)17)18(26)23-12-5-3-11(20)4-6-12/h3-6,9-10H,7-8H2,1-2H3,(H,23,26). The molecule has 3 aromatic rings. The molecule has 0 aliphatic heterocycles. The van der Waals surface area contributed by atoms with Gasteiger partial charge in [-0.2, -0.15) is 5.10 Å². The number of hydrogen-bond donors (Lipinski definition) is 1. The summed E-state index contributed by atoms with van der Waals surface area (Å²) in [5.74, 6) is -0.246. The Hall–Kier alpha value is -2.73. The Balaban J connectivity index is 1.73. The highest BCUT2D eigenvalue weighted by atomic mass is 35.5. The van der Waals surface area contributed by atoms with Gasteiger partial charge in [0.1, 0.15) is 5.56 Å².